The lowest BCUT2D eigenvalue weighted by molar-refractivity contribution is -0.140. The lowest BCUT2D eigenvalue weighted by Crippen LogP contribution is -2.52. The number of hydrogen-bond donors (Lipinski definition) is 1. The molecule has 1 N–H and O–H groups in total. The standard InChI is InChI=1S/C34H45N3O6S/c1-8-10-16-35-34(39)30(9-2)36(22-27-13-11-12-24(3)18-27)33(38)23-37(28-19-25(4)17-26(5)20-28)44(40,41)29-14-15-31(42-6)32(21-29)43-7/h11-15,17-21,30H,8-10,16,22-23H2,1-7H3,(H,35,39)/t30-/m1/s1. The van der Waals surface area contributed by atoms with Crippen LogP contribution in [0.1, 0.15) is 55.4 Å². The minimum Gasteiger partial charge on any atom is -0.493 e. The molecule has 0 heterocycles. The summed E-state index contributed by atoms with van der Waals surface area (Å²) in [5.41, 5.74) is 3.90. The maximum atomic E-state index is 14.3. The molecule has 0 aliphatic rings. The first-order valence-electron chi connectivity index (χ1n) is 14.9. The summed E-state index contributed by atoms with van der Waals surface area (Å²) in [4.78, 5) is 29.1. The van der Waals surface area contributed by atoms with Gasteiger partial charge in [0.1, 0.15) is 12.6 Å². The zero-order chi connectivity index (χ0) is 32.4. The van der Waals surface area contributed by atoms with Crippen molar-refractivity contribution in [1.29, 1.82) is 0 Å². The molecule has 1 atom stereocenters. The lowest BCUT2D eigenvalue weighted by atomic mass is 10.1. The topological polar surface area (TPSA) is 105 Å². The first-order valence-corrected chi connectivity index (χ1v) is 16.3. The molecule has 0 aromatic heterocycles. The molecule has 0 saturated carbocycles. The SMILES string of the molecule is CCCCNC(=O)[C@@H](CC)N(Cc1cccc(C)c1)C(=O)CN(c1cc(C)cc(C)c1)S(=O)(=O)c1ccc(OC)c(OC)c1. The van der Waals surface area contributed by atoms with Gasteiger partial charge < -0.3 is 19.7 Å². The number of amides is 2. The van der Waals surface area contributed by atoms with E-state index >= 15 is 0 Å². The molecule has 0 aliphatic carbocycles. The summed E-state index contributed by atoms with van der Waals surface area (Å²) in [7, 11) is -1.37. The summed E-state index contributed by atoms with van der Waals surface area (Å²) >= 11 is 0. The van der Waals surface area contributed by atoms with E-state index in [0.717, 1.165) is 39.4 Å². The summed E-state index contributed by atoms with van der Waals surface area (Å²) in [6.45, 7) is 9.73. The third-order valence-electron chi connectivity index (χ3n) is 7.37. The number of hydrogen-bond acceptors (Lipinski definition) is 6. The molecule has 0 bridgehead atoms. The van der Waals surface area contributed by atoms with E-state index in [-0.39, 0.29) is 23.1 Å². The summed E-state index contributed by atoms with van der Waals surface area (Å²) in [5, 5.41) is 2.96. The van der Waals surface area contributed by atoms with Gasteiger partial charge in [0.15, 0.2) is 11.5 Å². The molecule has 9 nitrogen and oxygen atoms in total. The number of benzene rings is 3. The predicted molar refractivity (Wildman–Crippen MR) is 174 cm³/mol. The molecule has 0 saturated heterocycles. The van der Waals surface area contributed by atoms with E-state index in [2.05, 4.69) is 5.32 Å². The van der Waals surface area contributed by atoms with Gasteiger partial charge in [0.2, 0.25) is 11.8 Å². The number of rotatable bonds is 15. The van der Waals surface area contributed by atoms with Crippen LogP contribution in [0.4, 0.5) is 5.69 Å². The Balaban J connectivity index is 2.12. The fourth-order valence-corrected chi connectivity index (χ4v) is 6.57. The molecule has 0 radical (unpaired) electrons. The van der Waals surface area contributed by atoms with Crippen LogP contribution in [-0.2, 0) is 26.2 Å². The molecule has 0 unspecified atom stereocenters. The fourth-order valence-electron chi connectivity index (χ4n) is 5.16. The number of ether oxygens (including phenoxy) is 2. The molecule has 238 valence electrons. The van der Waals surface area contributed by atoms with Crippen molar-refractivity contribution in [2.45, 2.75) is 71.4 Å². The average molecular weight is 624 g/mol. The van der Waals surface area contributed by atoms with E-state index < -0.39 is 28.5 Å². The Kier molecular flexibility index (Phi) is 12.2. The molecule has 3 aromatic carbocycles. The van der Waals surface area contributed by atoms with Gasteiger partial charge in [0.25, 0.3) is 10.0 Å². The van der Waals surface area contributed by atoms with Crippen LogP contribution in [0.15, 0.2) is 65.6 Å². The average Bonchev–Trinajstić information content (AvgIpc) is 2.98. The largest absolute Gasteiger partial charge is 0.493 e. The normalized spacial score (nSPS) is 11.9. The second kappa shape index (κ2) is 15.6. The Morgan fingerprint density at radius 2 is 1.55 bits per heavy atom. The first kappa shape index (κ1) is 34.4. The number of nitrogens with zero attached hydrogens (tertiary/aromatic N) is 2. The van der Waals surface area contributed by atoms with Crippen LogP contribution in [0.25, 0.3) is 0 Å². The monoisotopic (exact) mass is 623 g/mol. The summed E-state index contributed by atoms with van der Waals surface area (Å²) < 4.78 is 40.4. The minimum absolute atomic E-state index is 0.0586. The molecule has 0 aliphatic heterocycles. The van der Waals surface area contributed by atoms with Crippen molar-refractivity contribution in [3.63, 3.8) is 0 Å². The molecule has 0 spiro atoms. The molecule has 0 fully saturated rings. The highest BCUT2D eigenvalue weighted by atomic mass is 32.2. The predicted octanol–water partition coefficient (Wildman–Crippen LogP) is 5.55. The van der Waals surface area contributed by atoms with Crippen LogP contribution in [0.2, 0.25) is 0 Å². The smallest absolute Gasteiger partial charge is 0.264 e. The van der Waals surface area contributed by atoms with Crippen LogP contribution in [0.5, 0.6) is 11.5 Å². The zero-order valence-electron chi connectivity index (χ0n) is 26.8. The van der Waals surface area contributed by atoms with E-state index in [1.54, 1.807) is 12.1 Å². The van der Waals surface area contributed by atoms with Crippen LogP contribution >= 0.6 is 0 Å². The van der Waals surface area contributed by atoms with Crippen LogP contribution < -0.4 is 19.1 Å². The number of carbonyl (C=O) groups is 2. The Morgan fingerprint density at radius 1 is 0.864 bits per heavy atom. The van der Waals surface area contributed by atoms with Gasteiger partial charge >= 0.3 is 0 Å². The number of carbonyl (C=O) groups excluding carboxylic acids is 2. The van der Waals surface area contributed by atoms with Crippen molar-refractivity contribution in [3.8, 4) is 11.5 Å². The molecule has 3 aromatic rings. The minimum atomic E-state index is -4.27. The second-order valence-corrected chi connectivity index (χ2v) is 12.8. The van der Waals surface area contributed by atoms with Gasteiger partial charge in [-0.05, 0) is 74.6 Å². The molecule has 3 rings (SSSR count). The number of sulfonamides is 1. The highest BCUT2D eigenvalue weighted by Gasteiger charge is 2.34. The van der Waals surface area contributed by atoms with Gasteiger partial charge in [-0.3, -0.25) is 13.9 Å². The van der Waals surface area contributed by atoms with Crippen LogP contribution in [-0.4, -0.2) is 58.5 Å². The van der Waals surface area contributed by atoms with Crippen molar-refractivity contribution in [2.75, 3.05) is 31.6 Å². The zero-order valence-corrected chi connectivity index (χ0v) is 27.7. The summed E-state index contributed by atoms with van der Waals surface area (Å²) in [5.74, 6) is -0.129. The third kappa shape index (κ3) is 8.53. The van der Waals surface area contributed by atoms with Crippen LogP contribution in [0, 0.1) is 20.8 Å². The highest BCUT2D eigenvalue weighted by Crippen LogP contribution is 2.33. The van der Waals surface area contributed by atoms with E-state index in [1.807, 2.05) is 65.0 Å². The van der Waals surface area contributed by atoms with E-state index in [0.29, 0.717) is 24.4 Å². The van der Waals surface area contributed by atoms with Crippen molar-refractivity contribution in [1.82, 2.24) is 10.2 Å². The molecular weight excluding hydrogens is 578 g/mol. The fraction of sp³-hybridized carbons (Fsp3) is 0.412. The lowest BCUT2D eigenvalue weighted by Gasteiger charge is -2.33. The second-order valence-electron chi connectivity index (χ2n) is 11.0. The van der Waals surface area contributed by atoms with Crippen LogP contribution in [0.3, 0.4) is 0 Å². The summed E-state index contributed by atoms with van der Waals surface area (Å²) in [6.07, 6.45) is 2.10. The van der Waals surface area contributed by atoms with Crippen molar-refractivity contribution in [3.05, 3.63) is 82.9 Å². The maximum absolute atomic E-state index is 14.3. The Labute approximate surface area is 262 Å². The van der Waals surface area contributed by atoms with Crippen molar-refractivity contribution in [2.24, 2.45) is 0 Å². The van der Waals surface area contributed by atoms with Gasteiger partial charge in [-0.2, -0.15) is 0 Å². The van der Waals surface area contributed by atoms with Crippen molar-refractivity contribution >= 4 is 27.5 Å². The molecular formula is C34H45N3O6S. The van der Waals surface area contributed by atoms with E-state index in [1.165, 1.54) is 37.3 Å². The van der Waals surface area contributed by atoms with Gasteiger partial charge in [-0.1, -0.05) is 56.2 Å². The molecule has 2 amide bonds. The van der Waals surface area contributed by atoms with Crippen molar-refractivity contribution < 1.29 is 27.5 Å². The number of anilines is 1. The van der Waals surface area contributed by atoms with E-state index in [4.69, 9.17) is 9.47 Å². The first-order chi connectivity index (χ1) is 20.9. The molecule has 44 heavy (non-hydrogen) atoms. The quantitative estimate of drug-likeness (QED) is 0.223. The Morgan fingerprint density at radius 3 is 2.14 bits per heavy atom. The number of unbranched alkanes of at least 4 members (excludes halogenated alkanes) is 1. The third-order valence-corrected chi connectivity index (χ3v) is 9.14. The Bertz CT molecular complexity index is 1540. The van der Waals surface area contributed by atoms with E-state index in [9.17, 15) is 18.0 Å². The maximum Gasteiger partial charge on any atom is 0.264 e. The number of methoxy groups -OCH3 is 2. The Hall–Kier alpha value is -4.05. The van der Waals surface area contributed by atoms with Gasteiger partial charge in [0, 0.05) is 19.2 Å². The number of aryl methyl sites for hydroxylation is 3. The highest BCUT2D eigenvalue weighted by molar-refractivity contribution is 7.92. The van der Waals surface area contributed by atoms with Gasteiger partial charge in [0.05, 0.1) is 24.8 Å². The van der Waals surface area contributed by atoms with Gasteiger partial charge in [-0.15, -0.1) is 0 Å². The summed E-state index contributed by atoms with van der Waals surface area (Å²) in [6, 6.07) is 16.7. The number of nitrogens with one attached hydrogen (secondary N) is 1. The molecule has 10 heteroatoms. The van der Waals surface area contributed by atoms with Gasteiger partial charge in [-0.25, -0.2) is 8.42 Å².